The molecule has 0 unspecified atom stereocenters. The van der Waals surface area contributed by atoms with Crippen LogP contribution >= 0.6 is 0 Å². The Bertz CT molecular complexity index is 871. The molecule has 0 atom stereocenters. The van der Waals surface area contributed by atoms with Crippen LogP contribution in [-0.2, 0) is 20.4 Å². The molecule has 1 saturated carbocycles. The Morgan fingerprint density at radius 3 is 1.66 bits per heavy atom. The van der Waals surface area contributed by atoms with Crippen molar-refractivity contribution in [3.63, 3.8) is 0 Å². The largest absolute Gasteiger partial charge is 0.333 e. The van der Waals surface area contributed by atoms with E-state index in [0.717, 1.165) is 24.0 Å². The van der Waals surface area contributed by atoms with E-state index in [1.54, 1.807) is 0 Å². The van der Waals surface area contributed by atoms with Crippen molar-refractivity contribution in [1.29, 1.82) is 0 Å². The number of carbonyl (C=O) groups excluding carboxylic acids is 3. The Morgan fingerprint density at radius 1 is 0.714 bits per heavy atom. The molecule has 0 N–H and O–H groups in total. The number of imide groups is 2. The normalized spacial score (nSPS) is 16.2. The molecule has 4 rings (SSSR count). The molecule has 4 amide bonds. The van der Waals surface area contributed by atoms with Crippen LogP contribution in [0.5, 0.6) is 0 Å². The van der Waals surface area contributed by atoms with Gasteiger partial charge in [-0.05, 0) is 24.0 Å². The van der Waals surface area contributed by atoms with Gasteiger partial charge in [-0.3, -0.25) is 19.4 Å². The Labute approximate surface area is 212 Å². The minimum atomic E-state index is -0.488. The minimum absolute atomic E-state index is 0.173. The molecule has 1 heterocycles. The quantitative estimate of drug-likeness (QED) is 0.420. The summed E-state index contributed by atoms with van der Waals surface area (Å²) in [6, 6.07) is 19.4. The fraction of sp³-hybridized carbons (Fsp3) is 0.500. The summed E-state index contributed by atoms with van der Waals surface area (Å²) in [6.45, 7) is 16.6. The Morgan fingerprint density at radius 2 is 1.17 bits per heavy atom. The molecule has 2 fully saturated rings. The lowest BCUT2D eigenvalue weighted by molar-refractivity contribution is -0.143. The van der Waals surface area contributed by atoms with Crippen molar-refractivity contribution in [2.24, 2.45) is 0 Å². The zero-order valence-corrected chi connectivity index (χ0v) is 22.9. The van der Waals surface area contributed by atoms with E-state index >= 15 is 0 Å². The van der Waals surface area contributed by atoms with Crippen molar-refractivity contribution >= 4 is 17.8 Å². The number of rotatable bonds is 6. The first kappa shape index (κ1) is 30.1. The molecule has 2 aliphatic rings. The van der Waals surface area contributed by atoms with Crippen molar-refractivity contribution in [3.05, 3.63) is 71.8 Å². The molecule has 0 spiro atoms. The topological polar surface area (TPSA) is 57.7 Å². The fourth-order valence-corrected chi connectivity index (χ4v) is 4.15. The van der Waals surface area contributed by atoms with Gasteiger partial charge in [0.15, 0.2) is 0 Å². The maximum absolute atomic E-state index is 13.2. The molecule has 1 aliphatic carbocycles. The van der Waals surface area contributed by atoms with Gasteiger partial charge in [-0.15, -0.1) is 0 Å². The second-order valence-electron chi connectivity index (χ2n) is 8.82. The molecule has 2 aromatic carbocycles. The average molecular weight is 481 g/mol. The molecule has 35 heavy (non-hydrogen) atoms. The third-order valence-electron chi connectivity index (χ3n) is 6.18. The van der Waals surface area contributed by atoms with E-state index in [2.05, 4.69) is 0 Å². The zero-order chi connectivity index (χ0) is 26.6. The predicted octanol–water partition coefficient (Wildman–Crippen LogP) is 6.96. The van der Waals surface area contributed by atoms with E-state index in [0.29, 0.717) is 6.54 Å². The van der Waals surface area contributed by atoms with Gasteiger partial charge in [0.25, 0.3) is 0 Å². The molecule has 5 heteroatoms. The van der Waals surface area contributed by atoms with E-state index in [4.69, 9.17) is 0 Å². The number of amides is 4. The Balaban J connectivity index is 0.000000949. The van der Waals surface area contributed by atoms with Gasteiger partial charge in [-0.2, -0.15) is 0 Å². The van der Waals surface area contributed by atoms with Gasteiger partial charge in [0.05, 0.1) is 0 Å². The third-order valence-corrected chi connectivity index (χ3v) is 6.18. The van der Waals surface area contributed by atoms with Crippen LogP contribution in [0.15, 0.2) is 60.7 Å². The first-order valence-corrected chi connectivity index (χ1v) is 13.1. The minimum Gasteiger partial charge on any atom is -0.274 e. The SMILES string of the molecule is CC.CC.CC.CC(C)(CN1C(=O)CC(=O)N(CC2(c3ccccc3)CC2)C1=O)c1ccccc1. The van der Waals surface area contributed by atoms with Crippen molar-refractivity contribution in [2.75, 3.05) is 13.1 Å². The summed E-state index contributed by atoms with van der Waals surface area (Å²) in [4.78, 5) is 40.9. The highest BCUT2D eigenvalue weighted by Gasteiger charge is 2.50. The summed E-state index contributed by atoms with van der Waals surface area (Å²) >= 11 is 0. The lowest BCUT2D eigenvalue weighted by Gasteiger charge is -2.38. The van der Waals surface area contributed by atoms with Crippen LogP contribution in [0.4, 0.5) is 4.79 Å². The highest BCUT2D eigenvalue weighted by atomic mass is 16.2. The average Bonchev–Trinajstić information content (AvgIpc) is 3.70. The molecule has 192 valence electrons. The van der Waals surface area contributed by atoms with Crippen molar-refractivity contribution < 1.29 is 14.4 Å². The molecule has 5 nitrogen and oxygen atoms in total. The molecule has 1 aliphatic heterocycles. The number of hydrogen-bond donors (Lipinski definition) is 0. The van der Waals surface area contributed by atoms with Gasteiger partial charge in [0, 0.05) is 23.9 Å². The highest BCUT2D eigenvalue weighted by molar-refractivity contribution is 6.14. The van der Waals surface area contributed by atoms with Gasteiger partial charge in [0.2, 0.25) is 11.8 Å². The van der Waals surface area contributed by atoms with Gasteiger partial charge in [-0.25, -0.2) is 4.79 Å². The van der Waals surface area contributed by atoms with Crippen LogP contribution in [0.2, 0.25) is 0 Å². The van der Waals surface area contributed by atoms with Crippen LogP contribution in [0.25, 0.3) is 0 Å². The summed E-state index contributed by atoms with van der Waals surface area (Å²) in [5, 5.41) is 0. The van der Waals surface area contributed by atoms with Gasteiger partial charge in [0.1, 0.15) is 6.42 Å². The van der Waals surface area contributed by atoms with E-state index in [-0.39, 0.29) is 18.4 Å². The predicted molar refractivity (Wildman–Crippen MR) is 144 cm³/mol. The maximum Gasteiger partial charge on any atom is 0.333 e. The summed E-state index contributed by atoms with van der Waals surface area (Å²) < 4.78 is 0. The zero-order valence-electron chi connectivity index (χ0n) is 22.9. The molecule has 1 saturated heterocycles. The summed E-state index contributed by atoms with van der Waals surface area (Å²) in [6.07, 6.45) is 1.64. The van der Waals surface area contributed by atoms with Crippen LogP contribution in [0.3, 0.4) is 0 Å². The molecule has 2 aromatic rings. The van der Waals surface area contributed by atoms with Gasteiger partial charge >= 0.3 is 6.03 Å². The van der Waals surface area contributed by atoms with E-state index in [9.17, 15) is 14.4 Å². The lowest BCUT2D eigenvalue weighted by Crippen LogP contribution is -2.58. The molecule has 0 bridgehead atoms. The van der Waals surface area contributed by atoms with Crippen molar-refractivity contribution in [1.82, 2.24) is 9.80 Å². The molecule has 0 radical (unpaired) electrons. The number of hydrogen-bond acceptors (Lipinski definition) is 3. The second kappa shape index (κ2) is 13.8. The number of carbonyl (C=O) groups is 3. The summed E-state index contributed by atoms with van der Waals surface area (Å²) in [5.41, 5.74) is 1.61. The van der Waals surface area contributed by atoms with Crippen LogP contribution < -0.4 is 0 Å². The first-order chi connectivity index (χ1) is 16.8. The third kappa shape index (κ3) is 7.27. The highest BCUT2D eigenvalue weighted by Crippen LogP contribution is 2.49. The van der Waals surface area contributed by atoms with Gasteiger partial charge < -0.3 is 0 Å². The fourth-order valence-electron chi connectivity index (χ4n) is 4.15. The number of benzene rings is 2. The first-order valence-electron chi connectivity index (χ1n) is 13.1. The van der Waals surface area contributed by atoms with Crippen LogP contribution in [0.1, 0.15) is 85.8 Å². The van der Waals surface area contributed by atoms with Crippen molar-refractivity contribution in [2.45, 2.75) is 85.5 Å². The number of barbiturate groups is 1. The Hall–Kier alpha value is -2.95. The Kier molecular flexibility index (Phi) is 11.9. The number of urea groups is 1. The van der Waals surface area contributed by atoms with Gasteiger partial charge in [-0.1, -0.05) is 116 Å². The van der Waals surface area contributed by atoms with Crippen molar-refractivity contribution in [3.8, 4) is 0 Å². The van der Waals surface area contributed by atoms with Crippen LogP contribution in [-0.4, -0.2) is 40.7 Å². The van der Waals surface area contributed by atoms with E-state index in [1.807, 2.05) is 116 Å². The molecular weight excluding hydrogens is 436 g/mol. The second-order valence-corrected chi connectivity index (χ2v) is 8.82. The molecule has 0 aromatic heterocycles. The summed E-state index contributed by atoms with van der Waals surface area (Å²) in [7, 11) is 0. The lowest BCUT2D eigenvalue weighted by atomic mass is 9.84. The maximum atomic E-state index is 13.2. The standard InChI is InChI=1S/C24H26N2O3.3C2H6/c1-23(2,18-9-5-3-6-10-18)16-25-20(27)15-21(28)26(22(25)29)17-24(13-14-24)19-11-7-4-8-12-19;3*1-2/h3-12H,13-17H2,1-2H3;3*1-2H3. The summed E-state index contributed by atoms with van der Waals surface area (Å²) in [5.74, 6) is -0.805. The smallest absolute Gasteiger partial charge is 0.274 e. The molecular formula is C30H44N2O3. The van der Waals surface area contributed by atoms with E-state index < -0.39 is 23.3 Å². The van der Waals surface area contributed by atoms with E-state index in [1.165, 1.54) is 9.80 Å². The van der Waals surface area contributed by atoms with Crippen LogP contribution in [0, 0.1) is 0 Å². The monoisotopic (exact) mass is 480 g/mol. The number of nitrogens with zero attached hydrogens (tertiary/aromatic N) is 2.